The summed E-state index contributed by atoms with van der Waals surface area (Å²) in [6.45, 7) is 1.78. The third kappa shape index (κ3) is 4.60. The van der Waals surface area contributed by atoms with Crippen molar-refractivity contribution in [3.8, 4) is 11.8 Å². The van der Waals surface area contributed by atoms with Gasteiger partial charge in [0.25, 0.3) is 5.56 Å². The molecule has 0 spiro atoms. The van der Waals surface area contributed by atoms with Crippen LogP contribution in [0.4, 0.5) is 0 Å². The molecule has 0 atom stereocenters. The minimum Gasteiger partial charge on any atom is -0.315 e. The number of nitrogens with two attached hydrogens (primary N) is 1. The van der Waals surface area contributed by atoms with E-state index in [1.165, 1.54) is 16.1 Å². The molecule has 0 radical (unpaired) electrons. The second kappa shape index (κ2) is 9.29. The molecule has 1 aliphatic carbocycles. The van der Waals surface area contributed by atoms with Crippen LogP contribution in [0.15, 0.2) is 19.9 Å². The number of carbonyl (C=O) groups is 1. The molecule has 0 saturated heterocycles. The van der Waals surface area contributed by atoms with Gasteiger partial charge >= 0.3 is 5.69 Å². The molecule has 2 heterocycles. The Labute approximate surface area is 180 Å². The van der Waals surface area contributed by atoms with Crippen LogP contribution in [0.5, 0.6) is 0 Å². The van der Waals surface area contributed by atoms with Crippen LogP contribution < -0.4 is 17.1 Å². The zero-order valence-corrected chi connectivity index (χ0v) is 18.3. The molecule has 0 aromatic carbocycles. The zero-order chi connectivity index (χ0) is 22.6. The third-order valence-corrected chi connectivity index (χ3v) is 5.86. The number of hydrogen-bond donors (Lipinski definition) is 1. The second-order valence-corrected chi connectivity index (χ2v) is 8.18. The van der Waals surface area contributed by atoms with E-state index in [4.69, 9.17) is 5.84 Å². The molecule has 0 aliphatic heterocycles. The Morgan fingerprint density at radius 1 is 1.16 bits per heavy atom. The van der Waals surface area contributed by atoms with Crippen LogP contribution in [0, 0.1) is 11.8 Å². The van der Waals surface area contributed by atoms with Gasteiger partial charge in [0.2, 0.25) is 0 Å². The van der Waals surface area contributed by atoms with E-state index in [9.17, 15) is 14.4 Å². The first-order valence-corrected chi connectivity index (χ1v) is 10.6. The summed E-state index contributed by atoms with van der Waals surface area (Å²) < 4.78 is 4.18. The predicted molar refractivity (Wildman–Crippen MR) is 116 cm³/mol. The molecule has 1 saturated carbocycles. The van der Waals surface area contributed by atoms with Gasteiger partial charge in [-0.25, -0.2) is 9.78 Å². The highest BCUT2D eigenvalue weighted by atomic mass is 16.2. The number of imidazole rings is 1. The van der Waals surface area contributed by atoms with Crippen molar-refractivity contribution in [2.24, 2.45) is 30.3 Å². The van der Waals surface area contributed by atoms with E-state index in [1.54, 1.807) is 18.7 Å². The number of hydrogen-bond acceptors (Lipinski definition) is 6. The monoisotopic (exact) mass is 427 g/mol. The fourth-order valence-electron chi connectivity index (χ4n) is 4.07. The highest BCUT2D eigenvalue weighted by molar-refractivity contribution is 5.75. The molecule has 2 aromatic rings. The van der Waals surface area contributed by atoms with Gasteiger partial charge in [-0.1, -0.05) is 17.6 Å². The number of Topliss-reactive ketones (excluding diaryl/α,β-unsaturated/α-hetero) is 1. The lowest BCUT2D eigenvalue weighted by Crippen LogP contribution is -2.39. The van der Waals surface area contributed by atoms with Crippen LogP contribution in [-0.2, 0) is 25.4 Å². The number of carbonyl (C=O) groups excluding carboxylic acids is 1. The van der Waals surface area contributed by atoms with Gasteiger partial charge in [-0.3, -0.25) is 13.9 Å². The molecule has 0 bridgehead atoms. The first-order chi connectivity index (χ1) is 14.8. The molecule has 166 valence electrons. The van der Waals surface area contributed by atoms with Crippen molar-refractivity contribution in [1.82, 2.24) is 18.7 Å². The molecule has 31 heavy (non-hydrogen) atoms. The Bertz CT molecular complexity index is 1180. The molecule has 2 N–H and O–H groups in total. The maximum Gasteiger partial charge on any atom is 0.332 e. The normalized spacial score (nSPS) is 15.8. The molecule has 10 heteroatoms. The number of fused-ring (bicyclic) bond motifs is 1. The minimum absolute atomic E-state index is 0.0930. The molecule has 1 aliphatic rings. The second-order valence-electron chi connectivity index (χ2n) is 8.18. The summed E-state index contributed by atoms with van der Waals surface area (Å²) in [5, 5.41) is 7.66. The average molecular weight is 428 g/mol. The molecule has 2 aromatic heterocycles. The molecule has 0 unspecified atom stereocenters. The summed E-state index contributed by atoms with van der Waals surface area (Å²) in [6.07, 6.45) is 6.30. The van der Waals surface area contributed by atoms with Gasteiger partial charge in [-0.2, -0.15) is 5.11 Å². The van der Waals surface area contributed by atoms with Gasteiger partial charge < -0.3 is 15.2 Å². The van der Waals surface area contributed by atoms with Crippen molar-refractivity contribution < 1.29 is 4.79 Å². The van der Waals surface area contributed by atoms with Crippen LogP contribution >= 0.6 is 0 Å². The van der Waals surface area contributed by atoms with E-state index in [2.05, 4.69) is 27.2 Å². The van der Waals surface area contributed by atoms with Crippen molar-refractivity contribution in [3.63, 3.8) is 0 Å². The molecular weight excluding hydrogens is 398 g/mol. The lowest BCUT2D eigenvalue weighted by atomic mass is 9.83. The molecule has 0 amide bonds. The van der Waals surface area contributed by atoms with Crippen molar-refractivity contribution in [2.75, 3.05) is 0 Å². The quantitative estimate of drug-likeness (QED) is 0.246. The van der Waals surface area contributed by atoms with E-state index in [0.29, 0.717) is 36.3 Å². The SMILES string of the molecule is CC(=O)CCCCn1c(=O)c2c(nc(C#CC3(N=NN)CCCCC3)n2C)n(C)c1=O. The number of rotatable bonds is 6. The number of aromatic nitrogens is 4. The van der Waals surface area contributed by atoms with Crippen LogP contribution in [0.2, 0.25) is 0 Å². The van der Waals surface area contributed by atoms with Crippen LogP contribution in [-0.4, -0.2) is 30.0 Å². The average Bonchev–Trinajstić information content (AvgIpc) is 3.07. The van der Waals surface area contributed by atoms with E-state index in [0.717, 1.165) is 32.1 Å². The van der Waals surface area contributed by atoms with Gasteiger partial charge in [-0.15, -0.1) is 0 Å². The molecule has 10 nitrogen and oxygen atoms in total. The van der Waals surface area contributed by atoms with Crippen molar-refractivity contribution in [1.29, 1.82) is 0 Å². The van der Waals surface area contributed by atoms with Crippen molar-refractivity contribution in [2.45, 2.75) is 70.4 Å². The molecular formula is C21H29N7O3. The standard InChI is InChI=1S/C21H29N7O3/c1-15(29)9-5-8-14-28-19(30)17-18(27(3)20(28)31)23-16(26(17)2)10-13-21(24-25-22)11-6-4-7-12-21/h4-9,11-12,14H2,1-3H3,(H2,22,24). The zero-order valence-electron chi connectivity index (χ0n) is 18.3. The van der Waals surface area contributed by atoms with Gasteiger partial charge in [0.05, 0.1) is 0 Å². The largest absolute Gasteiger partial charge is 0.332 e. The number of ketones is 1. The summed E-state index contributed by atoms with van der Waals surface area (Å²) in [6, 6.07) is 0. The lowest BCUT2D eigenvalue weighted by molar-refractivity contribution is -0.117. The highest BCUT2D eigenvalue weighted by Crippen LogP contribution is 2.31. The van der Waals surface area contributed by atoms with E-state index in [1.807, 2.05) is 0 Å². The van der Waals surface area contributed by atoms with E-state index >= 15 is 0 Å². The lowest BCUT2D eigenvalue weighted by Gasteiger charge is -2.26. The smallest absolute Gasteiger partial charge is 0.315 e. The van der Waals surface area contributed by atoms with Crippen molar-refractivity contribution in [3.05, 3.63) is 26.7 Å². The summed E-state index contributed by atoms with van der Waals surface area (Å²) in [7, 11) is 3.30. The Kier molecular flexibility index (Phi) is 6.73. The first kappa shape index (κ1) is 22.5. The Morgan fingerprint density at radius 2 is 1.87 bits per heavy atom. The van der Waals surface area contributed by atoms with E-state index < -0.39 is 16.8 Å². The van der Waals surface area contributed by atoms with Gasteiger partial charge in [0, 0.05) is 27.1 Å². The summed E-state index contributed by atoms with van der Waals surface area (Å²) in [5.41, 5.74) is -0.860. The molecule has 3 rings (SSSR count). The predicted octanol–water partition coefficient (Wildman–Crippen LogP) is 1.57. The van der Waals surface area contributed by atoms with E-state index in [-0.39, 0.29) is 12.3 Å². The van der Waals surface area contributed by atoms with Gasteiger partial charge in [-0.05, 0) is 51.4 Å². The van der Waals surface area contributed by atoms with Crippen LogP contribution in [0.25, 0.3) is 11.2 Å². The Hall–Kier alpha value is -3.22. The highest BCUT2D eigenvalue weighted by Gasteiger charge is 2.30. The maximum atomic E-state index is 13.1. The fraction of sp³-hybridized carbons (Fsp3) is 0.619. The Morgan fingerprint density at radius 3 is 2.52 bits per heavy atom. The van der Waals surface area contributed by atoms with Gasteiger partial charge in [0.1, 0.15) is 11.3 Å². The summed E-state index contributed by atoms with van der Waals surface area (Å²) in [5.74, 6) is 12.0. The minimum atomic E-state index is -0.631. The van der Waals surface area contributed by atoms with Crippen LogP contribution in [0.1, 0.15) is 64.1 Å². The number of nitrogens with zero attached hydrogens (tertiary/aromatic N) is 6. The third-order valence-electron chi connectivity index (χ3n) is 5.86. The summed E-state index contributed by atoms with van der Waals surface area (Å²) >= 11 is 0. The Balaban J connectivity index is 2.02. The summed E-state index contributed by atoms with van der Waals surface area (Å²) in [4.78, 5) is 41.4. The molecule has 1 fully saturated rings. The topological polar surface area (TPSA) is 130 Å². The van der Waals surface area contributed by atoms with Gasteiger partial charge in [0.15, 0.2) is 17.0 Å². The van der Waals surface area contributed by atoms with Crippen LogP contribution in [0.3, 0.4) is 0 Å². The van der Waals surface area contributed by atoms with Crippen molar-refractivity contribution >= 4 is 16.9 Å². The fourth-order valence-corrected chi connectivity index (χ4v) is 4.07. The maximum absolute atomic E-state index is 13.1. The number of aryl methyl sites for hydroxylation is 2. The number of unbranched alkanes of at least 4 members (excludes halogenated alkanes) is 1. The first-order valence-electron chi connectivity index (χ1n) is 10.6.